The van der Waals surface area contributed by atoms with Crippen LogP contribution in [-0.2, 0) is 28.7 Å². The molecule has 1 aliphatic heterocycles. The number of carbonyl (C=O) groups is 6. The number of anilines is 2. The summed E-state index contributed by atoms with van der Waals surface area (Å²) in [5, 5.41) is 40.1. The van der Waals surface area contributed by atoms with Gasteiger partial charge >= 0.3 is 18.0 Å². The second-order valence-corrected chi connectivity index (χ2v) is 13.1. The van der Waals surface area contributed by atoms with E-state index < -0.39 is 59.4 Å². The highest BCUT2D eigenvalue weighted by molar-refractivity contribution is 5.99. The molecule has 1 aliphatic rings. The van der Waals surface area contributed by atoms with Crippen LogP contribution in [0, 0.1) is 15.5 Å². The number of likely N-dealkylation sites (tertiary alicyclic amines) is 1. The average Bonchev–Trinajstić information content (AvgIpc) is 3.47. The Morgan fingerprint density at radius 2 is 1.48 bits per heavy atom. The summed E-state index contributed by atoms with van der Waals surface area (Å²) < 4.78 is 5.38. The van der Waals surface area contributed by atoms with Crippen molar-refractivity contribution in [1.29, 1.82) is 0 Å². The zero-order valence-electron chi connectivity index (χ0n) is 28.1. The van der Waals surface area contributed by atoms with Crippen molar-refractivity contribution in [2.24, 2.45) is 5.41 Å². The molecule has 0 aliphatic carbocycles. The van der Waals surface area contributed by atoms with Gasteiger partial charge in [-0.05, 0) is 41.7 Å². The van der Waals surface area contributed by atoms with Crippen LogP contribution in [0.15, 0.2) is 48.5 Å². The molecule has 17 heteroatoms. The summed E-state index contributed by atoms with van der Waals surface area (Å²) in [5.41, 5.74) is 1.10. The summed E-state index contributed by atoms with van der Waals surface area (Å²) in [4.78, 5) is 85.4. The number of benzene rings is 2. The van der Waals surface area contributed by atoms with E-state index in [-0.39, 0.29) is 55.3 Å². The van der Waals surface area contributed by atoms with Crippen LogP contribution in [0.4, 0.5) is 21.9 Å². The number of hydrogen-bond acceptors (Lipinski definition) is 9. The molecule has 1 heterocycles. The molecule has 3 rings (SSSR count). The summed E-state index contributed by atoms with van der Waals surface area (Å²) in [6.07, 6.45) is 0.173. The van der Waals surface area contributed by atoms with Crippen molar-refractivity contribution in [3.63, 3.8) is 0 Å². The molecule has 0 saturated carbocycles. The number of nitrogens with one attached hydrogen (secondary N) is 4. The van der Waals surface area contributed by atoms with Crippen LogP contribution in [0.2, 0.25) is 0 Å². The first-order valence-electron chi connectivity index (χ1n) is 15.8. The Labute approximate surface area is 287 Å². The number of non-ortho nitro benzene ring substituents is 1. The number of aliphatic carboxylic acids is 2. The first-order chi connectivity index (χ1) is 23.4. The van der Waals surface area contributed by atoms with Gasteiger partial charge in [0.1, 0.15) is 12.1 Å². The van der Waals surface area contributed by atoms with Gasteiger partial charge in [0.25, 0.3) is 5.69 Å². The van der Waals surface area contributed by atoms with E-state index in [4.69, 9.17) is 4.74 Å². The second-order valence-electron chi connectivity index (χ2n) is 13.1. The molecule has 270 valence electrons. The van der Waals surface area contributed by atoms with E-state index in [9.17, 15) is 49.1 Å². The first-order valence-corrected chi connectivity index (χ1v) is 15.8. The third kappa shape index (κ3) is 11.8. The molecule has 4 unspecified atom stereocenters. The number of carbonyl (C=O) groups excluding carboxylic acids is 4. The Morgan fingerprint density at radius 3 is 1.98 bits per heavy atom. The fourth-order valence-corrected chi connectivity index (χ4v) is 5.30. The van der Waals surface area contributed by atoms with Crippen LogP contribution >= 0.6 is 0 Å². The van der Waals surface area contributed by atoms with Crippen LogP contribution in [0.5, 0.6) is 0 Å². The Morgan fingerprint density at radius 1 is 0.920 bits per heavy atom. The number of hydrogen-bond donors (Lipinski definition) is 6. The number of urea groups is 1. The minimum Gasteiger partial charge on any atom is -0.480 e. The zero-order chi connectivity index (χ0) is 37.2. The highest BCUT2D eigenvalue weighted by Gasteiger charge is 2.40. The fourth-order valence-electron chi connectivity index (χ4n) is 5.30. The molecule has 2 aromatic carbocycles. The van der Waals surface area contributed by atoms with Gasteiger partial charge in [0, 0.05) is 62.3 Å². The number of amides is 5. The SMILES string of the molecule is CC(=O)N1CC(c2ccc(NC(=O)Nc3ccc([N+](=O)[O-])cc3)cc2)CC1C(=O)NC(COCCC(NC(=O)CC(C)(C)C)C(=O)O)C(=O)O. The van der Waals surface area contributed by atoms with Crippen molar-refractivity contribution in [3.8, 4) is 0 Å². The van der Waals surface area contributed by atoms with E-state index in [1.54, 1.807) is 24.3 Å². The Balaban J connectivity index is 1.55. The van der Waals surface area contributed by atoms with Gasteiger partial charge in [0.15, 0.2) is 6.04 Å². The predicted molar refractivity (Wildman–Crippen MR) is 179 cm³/mol. The van der Waals surface area contributed by atoms with Gasteiger partial charge in [-0.25, -0.2) is 14.4 Å². The summed E-state index contributed by atoms with van der Waals surface area (Å²) in [6.45, 7) is 6.31. The maximum atomic E-state index is 13.3. The lowest BCUT2D eigenvalue weighted by atomic mass is 9.92. The summed E-state index contributed by atoms with van der Waals surface area (Å²) in [6, 6.07) is 7.78. The monoisotopic (exact) mass is 698 g/mol. The molecule has 17 nitrogen and oxygen atoms in total. The van der Waals surface area contributed by atoms with Gasteiger partial charge in [0.05, 0.1) is 11.5 Å². The smallest absolute Gasteiger partial charge is 0.328 e. The lowest BCUT2D eigenvalue weighted by molar-refractivity contribution is -0.384. The van der Waals surface area contributed by atoms with Crippen LogP contribution in [-0.4, -0.2) is 93.6 Å². The first kappa shape index (κ1) is 38.9. The fraction of sp³-hybridized carbons (Fsp3) is 0.455. The molecule has 0 radical (unpaired) electrons. The normalized spacial score (nSPS) is 16.8. The number of nitro groups is 1. The van der Waals surface area contributed by atoms with Crippen molar-refractivity contribution in [3.05, 3.63) is 64.2 Å². The van der Waals surface area contributed by atoms with E-state index in [1.165, 1.54) is 36.1 Å². The molecule has 1 saturated heterocycles. The zero-order valence-corrected chi connectivity index (χ0v) is 28.1. The van der Waals surface area contributed by atoms with E-state index in [2.05, 4.69) is 21.3 Å². The van der Waals surface area contributed by atoms with Crippen molar-refractivity contribution < 1.29 is 48.6 Å². The van der Waals surface area contributed by atoms with Crippen molar-refractivity contribution in [2.45, 2.75) is 71.0 Å². The van der Waals surface area contributed by atoms with Crippen molar-refractivity contribution in [2.75, 3.05) is 30.4 Å². The number of nitrogens with zero attached hydrogens (tertiary/aromatic N) is 2. The van der Waals surface area contributed by atoms with Crippen LogP contribution in [0.25, 0.3) is 0 Å². The number of carboxylic acids is 2. The van der Waals surface area contributed by atoms with Crippen molar-refractivity contribution in [1.82, 2.24) is 15.5 Å². The molecule has 0 spiro atoms. The number of nitro benzene ring substituents is 1. The Hall–Kier alpha value is -5.58. The number of carboxylic acid groups (broad SMARTS) is 2. The molecule has 0 aromatic heterocycles. The molecule has 5 amide bonds. The molecule has 6 N–H and O–H groups in total. The summed E-state index contributed by atoms with van der Waals surface area (Å²) >= 11 is 0. The third-order valence-corrected chi connectivity index (χ3v) is 7.76. The van der Waals surface area contributed by atoms with E-state index in [0.717, 1.165) is 5.56 Å². The summed E-state index contributed by atoms with van der Waals surface area (Å²) in [7, 11) is 0. The largest absolute Gasteiger partial charge is 0.480 e. The third-order valence-electron chi connectivity index (χ3n) is 7.76. The summed E-state index contributed by atoms with van der Waals surface area (Å²) in [5.74, 6) is -4.46. The predicted octanol–water partition coefficient (Wildman–Crippen LogP) is 2.92. The standard InChI is InChI=1S/C33H42N6O11/c1-19(40)38-17-21(20-5-7-22(8-6-20)34-32(47)35-23-9-11-24(12-10-23)39(48)49)15-27(38)29(42)37-26(31(45)46)18-50-14-13-25(30(43)44)36-28(41)16-33(2,3)4/h5-12,21,25-27H,13-18H2,1-4H3,(H,36,41)(H,37,42)(H,43,44)(H,45,46)(H2,34,35,47). The highest BCUT2D eigenvalue weighted by Crippen LogP contribution is 2.33. The molecule has 4 atom stereocenters. The van der Waals surface area contributed by atoms with Gasteiger partial charge < -0.3 is 41.1 Å². The van der Waals surface area contributed by atoms with Gasteiger partial charge in [0.2, 0.25) is 17.7 Å². The molecular formula is C33H42N6O11. The maximum Gasteiger partial charge on any atom is 0.328 e. The molecule has 2 aromatic rings. The minimum atomic E-state index is -1.49. The second kappa shape index (κ2) is 17.2. The highest BCUT2D eigenvalue weighted by atomic mass is 16.6. The topological polar surface area (TPSA) is 247 Å². The van der Waals surface area contributed by atoms with Crippen LogP contribution in [0.1, 0.15) is 58.4 Å². The van der Waals surface area contributed by atoms with E-state index >= 15 is 0 Å². The molecule has 50 heavy (non-hydrogen) atoms. The van der Waals surface area contributed by atoms with Gasteiger partial charge in [-0.3, -0.25) is 24.5 Å². The van der Waals surface area contributed by atoms with Gasteiger partial charge in [-0.15, -0.1) is 0 Å². The van der Waals surface area contributed by atoms with Crippen molar-refractivity contribution >= 4 is 52.8 Å². The van der Waals surface area contributed by atoms with Crippen LogP contribution < -0.4 is 21.3 Å². The van der Waals surface area contributed by atoms with E-state index in [0.29, 0.717) is 11.4 Å². The van der Waals surface area contributed by atoms with E-state index in [1.807, 2.05) is 20.8 Å². The Bertz CT molecular complexity index is 1570. The number of ether oxygens (including phenoxy) is 1. The molecular weight excluding hydrogens is 656 g/mol. The maximum absolute atomic E-state index is 13.3. The Kier molecular flexibility index (Phi) is 13.4. The lowest BCUT2D eigenvalue weighted by Crippen LogP contribution is -2.52. The van der Waals surface area contributed by atoms with Gasteiger partial charge in [-0.1, -0.05) is 32.9 Å². The average molecular weight is 699 g/mol. The van der Waals surface area contributed by atoms with Crippen LogP contribution in [0.3, 0.4) is 0 Å². The minimum absolute atomic E-state index is 0.110. The quantitative estimate of drug-likeness (QED) is 0.0897. The van der Waals surface area contributed by atoms with Gasteiger partial charge in [-0.2, -0.15) is 0 Å². The lowest BCUT2D eigenvalue weighted by Gasteiger charge is -2.24. The molecule has 1 fully saturated rings. The molecule has 0 bridgehead atoms. The number of rotatable bonds is 15.